The van der Waals surface area contributed by atoms with E-state index in [4.69, 9.17) is 4.52 Å². The van der Waals surface area contributed by atoms with E-state index in [0.717, 1.165) is 19.3 Å². The van der Waals surface area contributed by atoms with Crippen molar-refractivity contribution in [2.24, 2.45) is 11.3 Å². The highest BCUT2D eigenvalue weighted by Gasteiger charge is 2.55. The summed E-state index contributed by atoms with van der Waals surface area (Å²) < 4.78 is 5.27. The number of rotatable bonds is 3. The Labute approximate surface area is 111 Å². The maximum Gasteiger partial charge on any atom is 0.324 e. The molecule has 1 saturated carbocycles. The van der Waals surface area contributed by atoms with Crippen LogP contribution in [0.5, 0.6) is 0 Å². The minimum atomic E-state index is -0.680. The number of aromatic nitrogens is 2. The summed E-state index contributed by atoms with van der Waals surface area (Å²) in [5.74, 6) is 0.421. The molecule has 3 rings (SSSR count). The second-order valence-corrected chi connectivity index (χ2v) is 6.02. The summed E-state index contributed by atoms with van der Waals surface area (Å²) in [7, 11) is 0. The predicted molar refractivity (Wildman–Crippen MR) is 68.0 cm³/mol. The molecule has 2 atom stereocenters. The van der Waals surface area contributed by atoms with Crippen molar-refractivity contribution in [2.75, 3.05) is 18.0 Å². The van der Waals surface area contributed by atoms with Crippen LogP contribution in [0.3, 0.4) is 0 Å². The monoisotopic (exact) mass is 265 g/mol. The van der Waals surface area contributed by atoms with Gasteiger partial charge in [-0.2, -0.15) is 4.98 Å². The predicted octanol–water partition coefficient (Wildman–Crippen LogP) is 1.88. The zero-order valence-corrected chi connectivity index (χ0v) is 11.3. The van der Waals surface area contributed by atoms with Crippen LogP contribution in [0, 0.1) is 11.3 Å². The van der Waals surface area contributed by atoms with Crippen LogP contribution in [0.4, 0.5) is 6.01 Å². The standard InChI is InChI=1S/C13H19N3O3/c1-8(2)10-14-12(19-15-10)16-6-9-4-3-5-13(9,7-16)11(17)18/h8-9H,3-7H2,1-2H3,(H,17,18)/t9-,13+/m0/s1. The molecule has 1 aromatic rings. The number of carboxylic acid groups (broad SMARTS) is 1. The van der Waals surface area contributed by atoms with Crippen molar-refractivity contribution in [3.05, 3.63) is 5.82 Å². The Bertz CT molecular complexity index is 499. The number of carbonyl (C=O) groups is 1. The largest absolute Gasteiger partial charge is 0.481 e. The normalized spacial score (nSPS) is 30.1. The van der Waals surface area contributed by atoms with Crippen molar-refractivity contribution >= 4 is 12.0 Å². The molecular weight excluding hydrogens is 246 g/mol. The van der Waals surface area contributed by atoms with Crippen molar-refractivity contribution < 1.29 is 14.4 Å². The summed E-state index contributed by atoms with van der Waals surface area (Å²) >= 11 is 0. The van der Waals surface area contributed by atoms with Crippen LogP contribution in [0.15, 0.2) is 4.52 Å². The molecule has 6 nitrogen and oxygen atoms in total. The molecule has 0 bridgehead atoms. The fourth-order valence-corrected chi connectivity index (χ4v) is 3.37. The van der Waals surface area contributed by atoms with E-state index in [9.17, 15) is 9.90 Å². The van der Waals surface area contributed by atoms with Gasteiger partial charge in [0, 0.05) is 19.0 Å². The van der Waals surface area contributed by atoms with E-state index in [0.29, 0.717) is 24.9 Å². The second kappa shape index (κ2) is 4.21. The van der Waals surface area contributed by atoms with Gasteiger partial charge in [-0.3, -0.25) is 4.79 Å². The molecule has 1 aromatic heterocycles. The van der Waals surface area contributed by atoms with E-state index in [1.54, 1.807) is 0 Å². The summed E-state index contributed by atoms with van der Waals surface area (Å²) in [4.78, 5) is 17.9. The molecule has 6 heteroatoms. The van der Waals surface area contributed by atoms with E-state index >= 15 is 0 Å². The molecule has 0 aromatic carbocycles. The molecule has 2 fully saturated rings. The second-order valence-electron chi connectivity index (χ2n) is 6.02. The number of nitrogens with zero attached hydrogens (tertiary/aromatic N) is 3. The lowest BCUT2D eigenvalue weighted by Crippen LogP contribution is -2.35. The van der Waals surface area contributed by atoms with Crippen LogP contribution in [0.1, 0.15) is 44.9 Å². The molecular formula is C13H19N3O3. The molecule has 104 valence electrons. The molecule has 1 N–H and O–H groups in total. The summed E-state index contributed by atoms with van der Waals surface area (Å²) in [6.07, 6.45) is 2.74. The first-order valence-corrected chi connectivity index (χ1v) is 6.85. The SMILES string of the molecule is CC(C)c1noc(N2C[C@@H]3CCC[C@@]3(C(=O)O)C2)n1. The number of anilines is 1. The average Bonchev–Trinajstić information content (AvgIpc) is 3.01. The number of carboxylic acids is 1. The highest BCUT2D eigenvalue weighted by atomic mass is 16.5. The van der Waals surface area contributed by atoms with Gasteiger partial charge in [0.1, 0.15) is 0 Å². The third kappa shape index (κ3) is 1.81. The topological polar surface area (TPSA) is 79.5 Å². The Hall–Kier alpha value is -1.59. The average molecular weight is 265 g/mol. The van der Waals surface area contributed by atoms with Crippen molar-refractivity contribution in [1.29, 1.82) is 0 Å². The number of fused-ring (bicyclic) bond motifs is 1. The lowest BCUT2D eigenvalue weighted by Gasteiger charge is -2.22. The number of hydrogen-bond acceptors (Lipinski definition) is 5. The Morgan fingerprint density at radius 2 is 2.37 bits per heavy atom. The highest BCUT2D eigenvalue weighted by molar-refractivity contribution is 5.77. The van der Waals surface area contributed by atoms with Gasteiger partial charge in [-0.1, -0.05) is 25.4 Å². The fourth-order valence-electron chi connectivity index (χ4n) is 3.37. The molecule has 2 aliphatic rings. The van der Waals surface area contributed by atoms with Crippen LogP contribution in [0.2, 0.25) is 0 Å². The third-order valence-electron chi connectivity index (χ3n) is 4.51. The van der Waals surface area contributed by atoms with Crippen molar-refractivity contribution in [1.82, 2.24) is 10.1 Å². The maximum absolute atomic E-state index is 11.6. The molecule has 0 spiro atoms. The van der Waals surface area contributed by atoms with Gasteiger partial charge in [-0.15, -0.1) is 0 Å². The van der Waals surface area contributed by atoms with Gasteiger partial charge in [0.05, 0.1) is 5.41 Å². The van der Waals surface area contributed by atoms with Crippen molar-refractivity contribution in [3.63, 3.8) is 0 Å². The zero-order chi connectivity index (χ0) is 13.6. The summed E-state index contributed by atoms with van der Waals surface area (Å²) in [5.41, 5.74) is -0.605. The van der Waals surface area contributed by atoms with Gasteiger partial charge in [0.15, 0.2) is 5.82 Å². The molecule has 0 amide bonds. The van der Waals surface area contributed by atoms with Crippen LogP contribution in [0.25, 0.3) is 0 Å². The zero-order valence-electron chi connectivity index (χ0n) is 11.3. The van der Waals surface area contributed by atoms with Gasteiger partial charge in [0.25, 0.3) is 0 Å². The van der Waals surface area contributed by atoms with E-state index in [2.05, 4.69) is 10.1 Å². The Morgan fingerprint density at radius 3 is 2.95 bits per heavy atom. The van der Waals surface area contributed by atoms with E-state index < -0.39 is 11.4 Å². The first kappa shape index (κ1) is 12.4. The van der Waals surface area contributed by atoms with Gasteiger partial charge in [-0.05, 0) is 18.8 Å². The Kier molecular flexibility index (Phi) is 2.76. The van der Waals surface area contributed by atoms with Crippen molar-refractivity contribution in [3.8, 4) is 0 Å². The minimum Gasteiger partial charge on any atom is -0.481 e. The van der Waals surface area contributed by atoms with E-state index in [-0.39, 0.29) is 11.8 Å². The highest BCUT2D eigenvalue weighted by Crippen LogP contribution is 2.49. The number of aliphatic carboxylic acids is 1. The van der Waals surface area contributed by atoms with Crippen molar-refractivity contribution in [2.45, 2.75) is 39.0 Å². The quantitative estimate of drug-likeness (QED) is 0.899. The Morgan fingerprint density at radius 1 is 1.58 bits per heavy atom. The van der Waals surface area contributed by atoms with E-state index in [1.165, 1.54) is 0 Å². The van der Waals surface area contributed by atoms with Crippen LogP contribution >= 0.6 is 0 Å². The molecule has 0 radical (unpaired) electrons. The smallest absolute Gasteiger partial charge is 0.324 e. The van der Waals surface area contributed by atoms with Gasteiger partial charge < -0.3 is 14.5 Å². The first-order valence-electron chi connectivity index (χ1n) is 6.85. The molecule has 1 aliphatic carbocycles. The lowest BCUT2D eigenvalue weighted by atomic mass is 9.81. The van der Waals surface area contributed by atoms with Gasteiger partial charge in [-0.25, -0.2) is 0 Å². The molecule has 0 unspecified atom stereocenters. The van der Waals surface area contributed by atoms with Crippen LogP contribution in [-0.4, -0.2) is 34.3 Å². The lowest BCUT2D eigenvalue weighted by molar-refractivity contribution is -0.149. The van der Waals surface area contributed by atoms with Crippen LogP contribution < -0.4 is 4.90 Å². The molecule has 1 saturated heterocycles. The van der Waals surface area contributed by atoms with Crippen LogP contribution in [-0.2, 0) is 4.79 Å². The summed E-state index contributed by atoms with van der Waals surface area (Å²) in [6, 6.07) is 0.471. The number of hydrogen-bond donors (Lipinski definition) is 1. The Balaban J connectivity index is 1.83. The van der Waals surface area contributed by atoms with Gasteiger partial charge >= 0.3 is 12.0 Å². The minimum absolute atomic E-state index is 0.208. The van der Waals surface area contributed by atoms with Gasteiger partial charge in [0.2, 0.25) is 0 Å². The van der Waals surface area contributed by atoms with E-state index in [1.807, 2.05) is 18.7 Å². The molecule has 19 heavy (non-hydrogen) atoms. The molecule has 2 heterocycles. The molecule has 1 aliphatic heterocycles. The summed E-state index contributed by atoms with van der Waals surface area (Å²) in [5, 5.41) is 13.5. The summed E-state index contributed by atoms with van der Waals surface area (Å²) in [6.45, 7) is 5.22. The first-order chi connectivity index (χ1) is 9.03. The maximum atomic E-state index is 11.6. The third-order valence-corrected chi connectivity index (χ3v) is 4.51. The fraction of sp³-hybridized carbons (Fsp3) is 0.769.